The Morgan fingerprint density at radius 3 is 2.85 bits per heavy atom. The van der Waals surface area contributed by atoms with Crippen molar-refractivity contribution in [2.45, 2.75) is 19.3 Å². The first-order chi connectivity index (χ1) is 9.44. The van der Waals surface area contributed by atoms with Crippen LogP contribution in [0.1, 0.15) is 19.3 Å². The molecule has 0 spiro atoms. The fraction of sp³-hybridized carbons (Fsp3) is 0.615. The van der Waals surface area contributed by atoms with Gasteiger partial charge < -0.3 is 15.8 Å². The Morgan fingerprint density at radius 2 is 2.20 bits per heavy atom. The topological polar surface area (TPSA) is 94.3 Å². The molecule has 20 heavy (non-hydrogen) atoms. The molecule has 0 aromatic carbocycles. The lowest BCUT2D eigenvalue weighted by Crippen LogP contribution is -2.11. The third-order valence-corrected chi connectivity index (χ3v) is 4.07. The molecule has 6 nitrogen and oxygen atoms in total. The molecule has 112 valence electrons. The molecule has 0 aliphatic heterocycles. The zero-order chi connectivity index (χ0) is 14.6. The number of aromatic nitrogens is 1. The fourth-order valence-electron chi connectivity index (χ4n) is 1.70. The number of nitrogens with one attached hydrogen (secondary N) is 1. The van der Waals surface area contributed by atoms with Crippen LogP contribution >= 0.6 is 0 Å². The van der Waals surface area contributed by atoms with Crippen LogP contribution in [0.4, 0.5) is 11.5 Å². The maximum Gasteiger partial charge on any atom is 0.239 e. The summed E-state index contributed by atoms with van der Waals surface area (Å²) in [5, 5.41) is 3.08. The van der Waals surface area contributed by atoms with E-state index in [1.807, 2.05) is 0 Å². The van der Waals surface area contributed by atoms with Crippen LogP contribution in [-0.4, -0.2) is 38.6 Å². The van der Waals surface area contributed by atoms with E-state index >= 15 is 0 Å². The van der Waals surface area contributed by atoms with Crippen LogP contribution in [0.2, 0.25) is 0 Å². The van der Waals surface area contributed by atoms with E-state index in [0.717, 1.165) is 0 Å². The Balaban J connectivity index is 1.82. The molecular formula is C13H21N3O3S. The molecule has 0 radical (unpaired) electrons. The Bertz CT molecular complexity index is 556. The first-order valence-electron chi connectivity index (χ1n) is 6.75. The SMILES string of the molecule is CS(=O)(=O)CCCNc1ccc(N)c(OCC2CC2)n1. The van der Waals surface area contributed by atoms with Gasteiger partial charge in [-0.05, 0) is 37.3 Å². The van der Waals surface area contributed by atoms with Gasteiger partial charge in [-0.25, -0.2) is 8.42 Å². The molecule has 3 N–H and O–H groups in total. The third-order valence-electron chi connectivity index (χ3n) is 3.04. The van der Waals surface area contributed by atoms with Gasteiger partial charge in [-0.3, -0.25) is 0 Å². The van der Waals surface area contributed by atoms with E-state index in [2.05, 4.69) is 10.3 Å². The van der Waals surface area contributed by atoms with Gasteiger partial charge in [0, 0.05) is 12.8 Å². The number of ether oxygens (including phenoxy) is 1. The number of pyridine rings is 1. The molecule has 7 heteroatoms. The molecule has 1 heterocycles. The summed E-state index contributed by atoms with van der Waals surface area (Å²) in [4.78, 5) is 4.30. The second-order valence-corrected chi connectivity index (χ2v) is 7.52. The van der Waals surface area contributed by atoms with Gasteiger partial charge in [0.15, 0.2) is 0 Å². The van der Waals surface area contributed by atoms with Gasteiger partial charge >= 0.3 is 0 Å². The van der Waals surface area contributed by atoms with Crippen LogP contribution in [0.3, 0.4) is 0 Å². The standard InChI is InChI=1S/C13H21N3O3S/c1-20(17,18)8-2-7-15-12-6-5-11(14)13(16-12)19-9-10-3-4-10/h5-6,10H,2-4,7-9,14H2,1H3,(H,15,16). The number of nitrogens with two attached hydrogens (primary N) is 1. The highest BCUT2D eigenvalue weighted by atomic mass is 32.2. The molecule has 0 bridgehead atoms. The van der Waals surface area contributed by atoms with Crippen LogP contribution in [0.25, 0.3) is 0 Å². The highest BCUT2D eigenvalue weighted by Gasteiger charge is 2.22. The summed E-state index contributed by atoms with van der Waals surface area (Å²) in [6.45, 7) is 1.21. The second kappa shape index (κ2) is 6.30. The number of hydrogen-bond donors (Lipinski definition) is 2. The number of rotatable bonds is 8. The average Bonchev–Trinajstić information content (AvgIpc) is 3.17. The molecule has 1 aromatic heterocycles. The summed E-state index contributed by atoms with van der Waals surface area (Å²) in [6.07, 6.45) is 4.20. The van der Waals surface area contributed by atoms with E-state index in [0.29, 0.717) is 42.9 Å². The predicted octanol–water partition coefficient (Wildman–Crippen LogP) is 1.30. The lowest BCUT2D eigenvalue weighted by atomic mass is 10.4. The Hall–Kier alpha value is -1.50. The normalized spacial score (nSPS) is 15.1. The van der Waals surface area contributed by atoms with Crippen molar-refractivity contribution in [1.82, 2.24) is 4.98 Å². The van der Waals surface area contributed by atoms with Crippen molar-refractivity contribution in [3.63, 3.8) is 0 Å². The monoisotopic (exact) mass is 299 g/mol. The molecule has 2 rings (SSSR count). The molecule has 1 saturated carbocycles. The van der Waals surface area contributed by atoms with Gasteiger partial charge in [0.1, 0.15) is 15.7 Å². The number of nitrogen functional groups attached to an aromatic ring is 1. The Morgan fingerprint density at radius 1 is 1.45 bits per heavy atom. The Kier molecular flexibility index (Phi) is 4.69. The van der Waals surface area contributed by atoms with Crippen LogP contribution in [0, 0.1) is 5.92 Å². The highest BCUT2D eigenvalue weighted by Crippen LogP contribution is 2.30. The van der Waals surface area contributed by atoms with Crippen molar-refractivity contribution in [2.75, 3.05) is 36.2 Å². The van der Waals surface area contributed by atoms with E-state index in [1.54, 1.807) is 12.1 Å². The molecule has 0 unspecified atom stereocenters. The van der Waals surface area contributed by atoms with Gasteiger partial charge in [-0.15, -0.1) is 0 Å². The summed E-state index contributed by atoms with van der Waals surface area (Å²) >= 11 is 0. The zero-order valence-corrected chi connectivity index (χ0v) is 12.4. The quantitative estimate of drug-likeness (QED) is 0.703. The fourth-order valence-corrected chi connectivity index (χ4v) is 2.37. The van der Waals surface area contributed by atoms with E-state index in [1.165, 1.54) is 19.1 Å². The number of hydrogen-bond acceptors (Lipinski definition) is 6. The van der Waals surface area contributed by atoms with Gasteiger partial charge in [0.25, 0.3) is 0 Å². The van der Waals surface area contributed by atoms with Crippen LogP contribution < -0.4 is 15.8 Å². The summed E-state index contributed by atoms with van der Waals surface area (Å²) in [5.74, 6) is 1.91. The maximum absolute atomic E-state index is 11.0. The molecule has 0 amide bonds. The highest BCUT2D eigenvalue weighted by molar-refractivity contribution is 7.90. The maximum atomic E-state index is 11.0. The minimum Gasteiger partial charge on any atom is -0.476 e. The molecule has 0 atom stereocenters. The summed E-state index contributed by atoms with van der Waals surface area (Å²) in [5.41, 5.74) is 6.33. The van der Waals surface area contributed by atoms with E-state index in [-0.39, 0.29) is 5.75 Å². The molecule has 1 aliphatic carbocycles. The molecule has 0 saturated heterocycles. The number of sulfone groups is 1. The first kappa shape index (κ1) is 14.9. The van der Waals surface area contributed by atoms with Gasteiger partial charge in [-0.2, -0.15) is 4.98 Å². The summed E-state index contributed by atoms with van der Waals surface area (Å²) < 4.78 is 27.6. The summed E-state index contributed by atoms with van der Waals surface area (Å²) in [6, 6.07) is 3.51. The van der Waals surface area contributed by atoms with Crippen molar-refractivity contribution in [2.24, 2.45) is 5.92 Å². The van der Waals surface area contributed by atoms with Crippen LogP contribution in [0.5, 0.6) is 5.88 Å². The first-order valence-corrected chi connectivity index (χ1v) is 8.81. The largest absolute Gasteiger partial charge is 0.476 e. The van der Waals surface area contributed by atoms with Crippen molar-refractivity contribution in [3.05, 3.63) is 12.1 Å². The van der Waals surface area contributed by atoms with E-state index in [4.69, 9.17) is 10.5 Å². The number of nitrogens with zero attached hydrogens (tertiary/aromatic N) is 1. The smallest absolute Gasteiger partial charge is 0.239 e. The van der Waals surface area contributed by atoms with Crippen molar-refractivity contribution >= 4 is 21.3 Å². The molecule has 1 fully saturated rings. The minimum atomic E-state index is -2.91. The lowest BCUT2D eigenvalue weighted by Gasteiger charge is -2.10. The molecule has 1 aliphatic rings. The third kappa shape index (κ3) is 5.24. The van der Waals surface area contributed by atoms with Gasteiger partial charge in [0.2, 0.25) is 5.88 Å². The number of anilines is 2. The van der Waals surface area contributed by atoms with Crippen molar-refractivity contribution < 1.29 is 13.2 Å². The lowest BCUT2D eigenvalue weighted by molar-refractivity contribution is 0.290. The second-order valence-electron chi connectivity index (χ2n) is 5.26. The average molecular weight is 299 g/mol. The minimum absolute atomic E-state index is 0.167. The summed E-state index contributed by atoms with van der Waals surface area (Å²) in [7, 11) is -2.91. The predicted molar refractivity (Wildman–Crippen MR) is 79.7 cm³/mol. The van der Waals surface area contributed by atoms with Crippen LogP contribution in [0.15, 0.2) is 12.1 Å². The van der Waals surface area contributed by atoms with E-state index < -0.39 is 9.84 Å². The zero-order valence-electron chi connectivity index (χ0n) is 11.6. The van der Waals surface area contributed by atoms with Crippen molar-refractivity contribution in [3.8, 4) is 5.88 Å². The van der Waals surface area contributed by atoms with Crippen LogP contribution in [-0.2, 0) is 9.84 Å². The molecule has 1 aromatic rings. The van der Waals surface area contributed by atoms with Crippen molar-refractivity contribution in [1.29, 1.82) is 0 Å². The van der Waals surface area contributed by atoms with Gasteiger partial charge in [-0.1, -0.05) is 0 Å². The van der Waals surface area contributed by atoms with Gasteiger partial charge in [0.05, 0.1) is 18.0 Å². The van der Waals surface area contributed by atoms with E-state index in [9.17, 15) is 8.42 Å². The Labute approximate surface area is 119 Å². The molecular weight excluding hydrogens is 278 g/mol.